The van der Waals surface area contributed by atoms with Crippen LogP contribution in [0.15, 0.2) is 24.3 Å². The molecule has 1 aromatic rings. The van der Waals surface area contributed by atoms with E-state index in [9.17, 15) is 22.8 Å². The number of carbonyl (C=O) groups excluding carboxylic acids is 1. The van der Waals surface area contributed by atoms with E-state index in [0.717, 1.165) is 18.6 Å². The highest BCUT2D eigenvalue weighted by atomic mass is 19.4. The summed E-state index contributed by atoms with van der Waals surface area (Å²) in [5, 5.41) is 9.13. The lowest BCUT2D eigenvalue weighted by Gasteiger charge is -2.33. The van der Waals surface area contributed by atoms with Gasteiger partial charge in [0.2, 0.25) is 5.91 Å². The molecule has 0 bridgehead atoms. The number of piperidine rings is 1. The third-order valence-corrected chi connectivity index (χ3v) is 3.72. The van der Waals surface area contributed by atoms with Crippen molar-refractivity contribution in [1.29, 1.82) is 0 Å². The number of carbonyl (C=O) groups is 2. The fourth-order valence-corrected chi connectivity index (χ4v) is 2.62. The van der Waals surface area contributed by atoms with Gasteiger partial charge in [0.15, 0.2) is 0 Å². The Morgan fingerprint density at radius 2 is 2.00 bits per heavy atom. The van der Waals surface area contributed by atoms with Crippen molar-refractivity contribution >= 4 is 11.9 Å². The predicted molar refractivity (Wildman–Crippen MR) is 72.1 cm³/mol. The number of rotatable bonds is 3. The van der Waals surface area contributed by atoms with E-state index in [4.69, 9.17) is 5.11 Å². The minimum atomic E-state index is -4.46. The molecule has 0 aliphatic carbocycles. The molecule has 120 valence electrons. The Morgan fingerprint density at radius 3 is 2.64 bits per heavy atom. The second kappa shape index (κ2) is 6.37. The molecule has 0 aromatic heterocycles. The van der Waals surface area contributed by atoms with Crippen molar-refractivity contribution in [3.8, 4) is 0 Å². The standard InChI is InChI=1S/C15H16F3NO3/c16-15(17,18)11-5-3-4-10(8-11)9-13(20)19-7-2-1-6-12(19)14(21)22/h3-5,8,12H,1-2,6-7,9H2,(H,21,22). The number of hydrogen-bond acceptors (Lipinski definition) is 2. The lowest BCUT2D eigenvalue weighted by molar-refractivity contribution is -0.151. The minimum absolute atomic E-state index is 0.228. The molecule has 1 saturated heterocycles. The molecule has 1 amide bonds. The smallest absolute Gasteiger partial charge is 0.416 e. The van der Waals surface area contributed by atoms with Gasteiger partial charge in [-0.25, -0.2) is 4.79 Å². The van der Waals surface area contributed by atoms with Crippen LogP contribution in [-0.2, 0) is 22.2 Å². The molecule has 2 rings (SSSR count). The summed E-state index contributed by atoms with van der Waals surface area (Å²) in [4.78, 5) is 24.6. The van der Waals surface area contributed by atoms with Crippen LogP contribution in [0.4, 0.5) is 13.2 Å². The Labute approximate surface area is 125 Å². The van der Waals surface area contributed by atoms with Crippen molar-refractivity contribution in [2.75, 3.05) is 6.54 Å². The van der Waals surface area contributed by atoms with E-state index in [1.54, 1.807) is 0 Å². The van der Waals surface area contributed by atoms with Gasteiger partial charge in [0, 0.05) is 6.54 Å². The Morgan fingerprint density at radius 1 is 1.27 bits per heavy atom. The third-order valence-electron chi connectivity index (χ3n) is 3.72. The molecule has 22 heavy (non-hydrogen) atoms. The molecule has 1 N–H and O–H groups in total. The number of hydrogen-bond donors (Lipinski definition) is 1. The van der Waals surface area contributed by atoms with Gasteiger partial charge < -0.3 is 10.0 Å². The molecule has 0 spiro atoms. The zero-order chi connectivity index (χ0) is 16.3. The molecule has 4 nitrogen and oxygen atoms in total. The number of alkyl halides is 3. The first-order valence-electron chi connectivity index (χ1n) is 6.97. The summed E-state index contributed by atoms with van der Waals surface area (Å²) >= 11 is 0. The molecule has 0 saturated carbocycles. The maximum atomic E-state index is 12.7. The number of amides is 1. The third kappa shape index (κ3) is 3.78. The van der Waals surface area contributed by atoms with Gasteiger partial charge >= 0.3 is 12.1 Å². The van der Waals surface area contributed by atoms with Crippen LogP contribution in [0.5, 0.6) is 0 Å². The van der Waals surface area contributed by atoms with Gasteiger partial charge in [-0.2, -0.15) is 13.2 Å². The average Bonchev–Trinajstić information content (AvgIpc) is 2.46. The monoisotopic (exact) mass is 315 g/mol. The largest absolute Gasteiger partial charge is 0.480 e. The van der Waals surface area contributed by atoms with Crippen molar-refractivity contribution < 1.29 is 27.9 Å². The summed E-state index contributed by atoms with van der Waals surface area (Å²) in [6.07, 6.45) is -2.88. The topological polar surface area (TPSA) is 57.6 Å². The number of benzene rings is 1. The van der Waals surface area contributed by atoms with E-state index in [1.807, 2.05) is 0 Å². The van der Waals surface area contributed by atoms with E-state index in [-0.39, 0.29) is 12.0 Å². The first-order valence-corrected chi connectivity index (χ1v) is 6.97. The number of carboxylic acid groups (broad SMARTS) is 1. The van der Waals surface area contributed by atoms with Crippen LogP contribution in [0.2, 0.25) is 0 Å². The van der Waals surface area contributed by atoms with Crippen LogP contribution in [0.25, 0.3) is 0 Å². The van der Waals surface area contributed by atoms with E-state index < -0.39 is 29.7 Å². The van der Waals surface area contributed by atoms with Gasteiger partial charge in [0.25, 0.3) is 0 Å². The molecule has 1 aromatic carbocycles. The number of nitrogens with zero attached hydrogens (tertiary/aromatic N) is 1. The van der Waals surface area contributed by atoms with Crippen LogP contribution in [0.3, 0.4) is 0 Å². The van der Waals surface area contributed by atoms with Gasteiger partial charge in [-0.3, -0.25) is 4.79 Å². The Bertz CT molecular complexity index is 571. The maximum Gasteiger partial charge on any atom is 0.416 e. The van der Waals surface area contributed by atoms with Crippen LogP contribution >= 0.6 is 0 Å². The number of aliphatic carboxylic acids is 1. The number of likely N-dealkylation sites (tertiary alicyclic amines) is 1. The lowest BCUT2D eigenvalue weighted by Crippen LogP contribution is -2.48. The van der Waals surface area contributed by atoms with Crippen molar-refractivity contribution in [2.24, 2.45) is 0 Å². The number of halogens is 3. The van der Waals surface area contributed by atoms with Gasteiger partial charge in [0.05, 0.1) is 12.0 Å². The molecule has 1 fully saturated rings. The summed E-state index contributed by atoms with van der Waals surface area (Å²) in [6, 6.07) is 3.67. The highest BCUT2D eigenvalue weighted by Gasteiger charge is 2.33. The average molecular weight is 315 g/mol. The molecule has 1 aliphatic rings. The van der Waals surface area contributed by atoms with Crippen LogP contribution in [0.1, 0.15) is 30.4 Å². The van der Waals surface area contributed by atoms with Crippen LogP contribution in [0, 0.1) is 0 Å². The predicted octanol–water partition coefficient (Wildman–Crippen LogP) is 2.71. The Hall–Kier alpha value is -2.05. The zero-order valence-corrected chi connectivity index (χ0v) is 11.8. The van der Waals surface area contributed by atoms with Gasteiger partial charge in [-0.15, -0.1) is 0 Å². The van der Waals surface area contributed by atoms with Crippen molar-refractivity contribution in [3.63, 3.8) is 0 Å². The van der Waals surface area contributed by atoms with Crippen LogP contribution in [-0.4, -0.2) is 34.5 Å². The van der Waals surface area contributed by atoms with Gasteiger partial charge in [-0.1, -0.05) is 18.2 Å². The molecule has 0 radical (unpaired) electrons. The summed E-state index contributed by atoms with van der Waals surface area (Å²) in [5.41, 5.74) is -0.583. The molecule has 1 heterocycles. The molecule has 7 heteroatoms. The molecular formula is C15H16F3NO3. The molecule has 1 aliphatic heterocycles. The summed E-state index contributed by atoms with van der Waals surface area (Å²) in [6.45, 7) is 0.328. The molecular weight excluding hydrogens is 299 g/mol. The lowest BCUT2D eigenvalue weighted by atomic mass is 10.0. The molecule has 1 atom stereocenters. The second-order valence-corrected chi connectivity index (χ2v) is 5.31. The quantitative estimate of drug-likeness (QED) is 0.933. The normalized spacial score (nSPS) is 19.0. The first-order chi connectivity index (χ1) is 10.3. The van der Waals surface area contributed by atoms with E-state index in [2.05, 4.69) is 0 Å². The Kier molecular flexibility index (Phi) is 4.73. The SMILES string of the molecule is O=C(O)C1CCCCN1C(=O)Cc1cccc(C(F)(F)F)c1. The summed E-state index contributed by atoms with van der Waals surface area (Å²) in [7, 11) is 0. The number of carboxylic acids is 1. The fourth-order valence-electron chi connectivity index (χ4n) is 2.62. The first kappa shape index (κ1) is 16.3. The van der Waals surface area contributed by atoms with Crippen molar-refractivity contribution in [1.82, 2.24) is 4.90 Å². The van der Waals surface area contributed by atoms with Gasteiger partial charge in [-0.05, 0) is 30.9 Å². The van der Waals surface area contributed by atoms with E-state index in [1.165, 1.54) is 17.0 Å². The Balaban J connectivity index is 2.12. The molecule has 1 unspecified atom stereocenters. The van der Waals surface area contributed by atoms with Gasteiger partial charge in [0.1, 0.15) is 6.04 Å². The minimum Gasteiger partial charge on any atom is -0.480 e. The second-order valence-electron chi connectivity index (χ2n) is 5.31. The zero-order valence-electron chi connectivity index (χ0n) is 11.8. The van der Waals surface area contributed by atoms with Crippen molar-refractivity contribution in [3.05, 3.63) is 35.4 Å². The van der Waals surface area contributed by atoms with Crippen LogP contribution < -0.4 is 0 Å². The van der Waals surface area contributed by atoms with E-state index in [0.29, 0.717) is 19.4 Å². The fraction of sp³-hybridized carbons (Fsp3) is 0.467. The summed E-state index contributed by atoms with van der Waals surface area (Å²) in [5.74, 6) is -1.52. The summed E-state index contributed by atoms with van der Waals surface area (Å²) < 4.78 is 38.0. The van der Waals surface area contributed by atoms with E-state index >= 15 is 0 Å². The highest BCUT2D eigenvalue weighted by Crippen LogP contribution is 2.29. The van der Waals surface area contributed by atoms with Crippen molar-refractivity contribution in [2.45, 2.75) is 37.9 Å². The maximum absolute atomic E-state index is 12.7. The highest BCUT2D eigenvalue weighted by molar-refractivity contribution is 5.85.